The summed E-state index contributed by atoms with van der Waals surface area (Å²) < 4.78 is 5.24. The van der Waals surface area contributed by atoms with Crippen LogP contribution in [-0.2, 0) is 6.42 Å². The number of furan rings is 1. The van der Waals surface area contributed by atoms with E-state index in [-0.39, 0.29) is 12.1 Å². The van der Waals surface area contributed by atoms with Gasteiger partial charge in [-0.15, -0.1) is 0 Å². The van der Waals surface area contributed by atoms with Gasteiger partial charge < -0.3 is 14.6 Å². The Morgan fingerprint density at radius 3 is 3.14 bits per heavy atom. The van der Waals surface area contributed by atoms with Crippen LogP contribution in [0.5, 0.6) is 0 Å². The van der Waals surface area contributed by atoms with Crippen LogP contribution >= 0.6 is 0 Å². The molecule has 4 heteroatoms. The molecule has 0 saturated carbocycles. The molecule has 0 spiro atoms. The smallest absolute Gasteiger partial charge is 0.317 e. The number of hydrogen-bond donors (Lipinski definition) is 1. The van der Waals surface area contributed by atoms with Crippen LogP contribution in [0.1, 0.15) is 12.7 Å². The Balaban J connectivity index is 1.95. The van der Waals surface area contributed by atoms with Gasteiger partial charge in [0.25, 0.3) is 0 Å². The second-order valence-electron chi connectivity index (χ2n) is 3.56. The summed E-state index contributed by atoms with van der Waals surface area (Å²) in [5.41, 5.74) is 0. The first-order valence-corrected chi connectivity index (χ1v) is 4.84. The van der Waals surface area contributed by atoms with Crippen LogP contribution in [0.4, 0.5) is 4.79 Å². The third-order valence-electron chi connectivity index (χ3n) is 2.50. The molecule has 1 unspecified atom stereocenters. The van der Waals surface area contributed by atoms with E-state index in [9.17, 15) is 4.79 Å². The van der Waals surface area contributed by atoms with Crippen LogP contribution in [-0.4, -0.2) is 30.1 Å². The zero-order valence-corrected chi connectivity index (χ0v) is 8.19. The predicted molar refractivity (Wildman–Crippen MR) is 52.0 cm³/mol. The molecule has 1 aliphatic rings. The lowest BCUT2D eigenvalue weighted by atomic mass is 10.2. The molecule has 2 heterocycles. The maximum Gasteiger partial charge on any atom is 0.317 e. The lowest BCUT2D eigenvalue weighted by Gasteiger charge is -2.21. The number of urea groups is 1. The number of amides is 2. The number of nitrogens with one attached hydrogen (secondary N) is 1. The molecule has 0 aromatic carbocycles. The van der Waals surface area contributed by atoms with Crippen LogP contribution < -0.4 is 5.32 Å². The van der Waals surface area contributed by atoms with Crippen molar-refractivity contribution >= 4 is 6.03 Å². The van der Waals surface area contributed by atoms with E-state index in [2.05, 4.69) is 5.32 Å². The normalized spacial score (nSPS) is 18.4. The van der Waals surface area contributed by atoms with Gasteiger partial charge in [0.15, 0.2) is 0 Å². The molecule has 1 aromatic rings. The van der Waals surface area contributed by atoms with Crippen molar-refractivity contribution in [3.63, 3.8) is 0 Å². The van der Waals surface area contributed by atoms with E-state index >= 15 is 0 Å². The van der Waals surface area contributed by atoms with Crippen molar-refractivity contribution in [1.29, 1.82) is 0 Å². The number of rotatable bonds is 3. The first kappa shape index (κ1) is 9.12. The van der Waals surface area contributed by atoms with Crippen molar-refractivity contribution in [3.05, 3.63) is 24.2 Å². The van der Waals surface area contributed by atoms with Gasteiger partial charge in [-0.3, -0.25) is 0 Å². The molecule has 1 atom stereocenters. The summed E-state index contributed by atoms with van der Waals surface area (Å²) in [6.07, 6.45) is 2.44. The van der Waals surface area contributed by atoms with Gasteiger partial charge in [0.1, 0.15) is 5.76 Å². The largest absolute Gasteiger partial charge is 0.469 e. The van der Waals surface area contributed by atoms with E-state index in [1.165, 1.54) is 0 Å². The summed E-state index contributed by atoms with van der Waals surface area (Å²) in [5.74, 6) is 0.928. The van der Waals surface area contributed by atoms with E-state index in [1.807, 2.05) is 24.0 Å². The highest BCUT2D eigenvalue weighted by Crippen LogP contribution is 2.11. The minimum atomic E-state index is 0.0315. The molecule has 1 aliphatic heterocycles. The van der Waals surface area contributed by atoms with Gasteiger partial charge in [-0.25, -0.2) is 4.79 Å². The SMILES string of the molecule is CC(Cc1ccco1)N1CCNC1=O. The summed E-state index contributed by atoms with van der Waals surface area (Å²) in [6.45, 7) is 3.58. The molecule has 1 fully saturated rings. The fourth-order valence-electron chi connectivity index (χ4n) is 1.74. The Labute approximate surface area is 82.9 Å². The molecule has 14 heavy (non-hydrogen) atoms. The lowest BCUT2D eigenvalue weighted by Crippen LogP contribution is -2.37. The fourth-order valence-corrected chi connectivity index (χ4v) is 1.74. The molecule has 1 aromatic heterocycles. The Kier molecular flexibility index (Phi) is 2.43. The van der Waals surface area contributed by atoms with Gasteiger partial charge in [-0.1, -0.05) is 0 Å². The van der Waals surface area contributed by atoms with Crippen molar-refractivity contribution in [3.8, 4) is 0 Å². The number of nitrogens with zero attached hydrogens (tertiary/aromatic N) is 1. The zero-order chi connectivity index (χ0) is 9.97. The summed E-state index contributed by atoms with van der Waals surface area (Å²) in [5, 5.41) is 2.79. The molecule has 0 radical (unpaired) electrons. The van der Waals surface area contributed by atoms with Gasteiger partial charge in [-0.05, 0) is 19.1 Å². The number of hydrogen-bond acceptors (Lipinski definition) is 2. The van der Waals surface area contributed by atoms with Gasteiger partial charge in [0.2, 0.25) is 0 Å². The summed E-state index contributed by atoms with van der Waals surface area (Å²) >= 11 is 0. The van der Waals surface area contributed by atoms with Crippen LogP contribution in [0.3, 0.4) is 0 Å². The minimum absolute atomic E-state index is 0.0315. The molecule has 1 saturated heterocycles. The van der Waals surface area contributed by atoms with E-state index in [0.29, 0.717) is 0 Å². The van der Waals surface area contributed by atoms with Crippen molar-refractivity contribution in [2.24, 2.45) is 0 Å². The topological polar surface area (TPSA) is 45.5 Å². The van der Waals surface area contributed by atoms with Crippen LogP contribution in [0.25, 0.3) is 0 Å². The highest BCUT2D eigenvalue weighted by molar-refractivity contribution is 5.76. The second-order valence-corrected chi connectivity index (χ2v) is 3.56. The Morgan fingerprint density at radius 1 is 1.71 bits per heavy atom. The van der Waals surface area contributed by atoms with Crippen molar-refractivity contribution < 1.29 is 9.21 Å². The number of carbonyl (C=O) groups is 1. The molecule has 2 rings (SSSR count). The molecule has 2 amide bonds. The van der Waals surface area contributed by atoms with Gasteiger partial charge in [0, 0.05) is 25.6 Å². The average molecular weight is 194 g/mol. The monoisotopic (exact) mass is 194 g/mol. The van der Waals surface area contributed by atoms with Crippen LogP contribution in [0, 0.1) is 0 Å². The molecular formula is C10H14N2O2. The maximum atomic E-state index is 11.3. The van der Waals surface area contributed by atoms with Gasteiger partial charge in [0.05, 0.1) is 6.26 Å². The molecule has 76 valence electrons. The third-order valence-corrected chi connectivity index (χ3v) is 2.50. The maximum absolute atomic E-state index is 11.3. The third kappa shape index (κ3) is 1.73. The fraction of sp³-hybridized carbons (Fsp3) is 0.500. The second kappa shape index (κ2) is 3.74. The van der Waals surface area contributed by atoms with E-state index in [1.54, 1.807) is 6.26 Å². The van der Waals surface area contributed by atoms with Crippen LogP contribution in [0.2, 0.25) is 0 Å². The zero-order valence-electron chi connectivity index (χ0n) is 8.19. The van der Waals surface area contributed by atoms with Crippen molar-refractivity contribution in [2.75, 3.05) is 13.1 Å². The van der Waals surface area contributed by atoms with E-state index in [4.69, 9.17) is 4.42 Å². The Hall–Kier alpha value is -1.45. The molecular weight excluding hydrogens is 180 g/mol. The summed E-state index contributed by atoms with van der Waals surface area (Å²) in [7, 11) is 0. The van der Waals surface area contributed by atoms with Crippen LogP contribution in [0.15, 0.2) is 22.8 Å². The highest BCUT2D eigenvalue weighted by Gasteiger charge is 2.24. The Morgan fingerprint density at radius 2 is 2.57 bits per heavy atom. The van der Waals surface area contributed by atoms with Crippen molar-refractivity contribution in [2.45, 2.75) is 19.4 Å². The van der Waals surface area contributed by atoms with E-state index < -0.39 is 0 Å². The molecule has 0 bridgehead atoms. The minimum Gasteiger partial charge on any atom is -0.469 e. The highest BCUT2D eigenvalue weighted by atomic mass is 16.3. The summed E-state index contributed by atoms with van der Waals surface area (Å²) in [4.78, 5) is 13.2. The standard InChI is InChI=1S/C10H14N2O2/c1-8(7-9-3-2-6-14-9)12-5-4-11-10(12)13/h2-3,6,8H,4-5,7H2,1H3,(H,11,13). The lowest BCUT2D eigenvalue weighted by molar-refractivity contribution is 0.200. The Bertz CT molecular complexity index is 308. The average Bonchev–Trinajstić information content (AvgIpc) is 2.75. The van der Waals surface area contributed by atoms with Crippen molar-refractivity contribution in [1.82, 2.24) is 10.2 Å². The molecule has 4 nitrogen and oxygen atoms in total. The van der Waals surface area contributed by atoms with Gasteiger partial charge in [-0.2, -0.15) is 0 Å². The molecule has 0 aliphatic carbocycles. The molecule has 1 N–H and O–H groups in total. The predicted octanol–water partition coefficient (Wildman–Crippen LogP) is 1.24. The summed E-state index contributed by atoms with van der Waals surface area (Å²) in [6, 6.07) is 4.03. The first-order chi connectivity index (χ1) is 6.77. The first-order valence-electron chi connectivity index (χ1n) is 4.84. The quantitative estimate of drug-likeness (QED) is 0.786. The van der Waals surface area contributed by atoms with E-state index in [0.717, 1.165) is 25.3 Å². The number of carbonyl (C=O) groups excluding carboxylic acids is 1. The van der Waals surface area contributed by atoms with Gasteiger partial charge >= 0.3 is 6.03 Å².